The minimum atomic E-state index is -0.307. The third-order valence-corrected chi connectivity index (χ3v) is 5.41. The summed E-state index contributed by atoms with van der Waals surface area (Å²) in [5, 5.41) is 3.72. The van der Waals surface area contributed by atoms with E-state index in [1.54, 1.807) is 0 Å². The van der Waals surface area contributed by atoms with Gasteiger partial charge < -0.3 is 11.1 Å². The number of nitrogen functional groups attached to an aromatic ring is 1. The summed E-state index contributed by atoms with van der Waals surface area (Å²) >= 11 is 1.84. The second-order valence-electron chi connectivity index (χ2n) is 5.39. The van der Waals surface area contributed by atoms with Crippen LogP contribution in [0.3, 0.4) is 0 Å². The van der Waals surface area contributed by atoms with Crippen LogP contribution in [-0.2, 0) is 4.87 Å². The molecule has 3 aromatic rings. The van der Waals surface area contributed by atoms with E-state index in [1.165, 1.54) is 21.7 Å². The SMILES string of the molecule is Nc1ccc(C2(c3ccccc3)Nc3ccccc3S2)cc1. The number of nitrogens with one attached hydrogen (secondary N) is 1. The third kappa shape index (κ3) is 2.06. The lowest BCUT2D eigenvalue weighted by Crippen LogP contribution is -2.29. The Morgan fingerprint density at radius 3 is 2.09 bits per heavy atom. The lowest BCUT2D eigenvalue weighted by molar-refractivity contribution is 0.873. The Hall–Kier alpha value is -2.39. The molecule has 0 aromatic heterocycles. The summed E-state index contributed by atoms with van der Waals surface area (Å²) in [4.78, 5) is 0.960. The molecule has 0 fully saturated rings. The average Bonchev–Trinajstić information content (AvgIpc) is 2.97. The van der Waals surface area contributed by atoms with Crippen molar-refractivity contribution in [1.82, 2.24) is 0 Å². The van der Waals surface area contributed by atoms with Gasteiger partial charge in [0.25, 0.3) is 0 Å². The van der Waals surface area contributed by atoms with E-state index in [1.807, 2.05) is 30.0 Å². The maximum absolute atomic E-state index is 5.86. The van der Waals surface area contributed by atoms with E-state index in [0.717, 1.165) is 5.69 Å². The van der Waals surface area contributed by atoms with Gasteiger partial charge in [-0.25, -0.2) is 0 Å². The Morgan fingerprint density at radius 2 is 1.36 bits per heavy atom. The topological polar surface area (TPSA) is 38.0 Å². The monoisotopic (exact) mass is 304 g/mol. The van der Waals surface area contributed by atoms with Crippen molar-refractivity contribution < 1.29 is 0 Å². The fourth-order valence-electron chi connectivity index (χ4n) is 2.86. The van der Waals surface area contributed by atoms with Gasteiger partial charge in [-0.15, -0.1) is 0 Å². The second kappa shape index (κ2) is 5.11. The normalized spacial score (nSPS) is 19.5. The van der Waals surface area contributed by atoms with Crippen molar-refractivity contribution in [1.29, 1.82) is 0 Å². The Morgan fingerprint density at radius 1 is 0.727 bits per heavy atom. The molecule has 108 valence electrons. The smallest absolute Gasteiger partial charge is 0.140 e. The molecule has 1 heterocycles. The highest BCUT2D eigenvalue weighted by atomic mass is 32.2. The van der Waals surface area contributed by atoms with Crippen LogP contribution in [0.25, 0.3) is 0 Å². The van der Waals surface area contributed by atoms with Crippen LogP contribution in [0.1, 0.15) is 11.1 Å². The molecule has 0 radical (unpaired) electrons. The number of nitrogens with two attached hydrogens (primary N) is 1. The van der Waals surface area contributed by atoms with Crippen LogP contribution in [0.15, 0.2) is 83.8 Å². The van der Waals surface area contributed by atoms with Gasteiger partial charge in [0, 0.05) is 16.3 Å². The van der Waals surface area contributed by atoms with Crippen LogP contribution in [0.5, 0.6) is 0 Å². The van der Waals surface area contributed by atoms with Crippen LogP contribution in [-0.4, -0.2) is 0 Å². The molecular weight excluding hydrogens is 288 g/mol. The minimum absolute atomic E-state index is 0.307. The van der Waals surface area contributed by atoms with E-state index in [2.05, 4.69) is 66.0 Å². The van der Waals surface area contributed by atoms with E-state index in [-0.39, 0.29) is 4.87 Å². The summed E-state index contributed by atoms with van der Waals surface area (Å²) in [6, 6.07) is 27.1. The fraction of sp³-hybridized carbons (Fsp3) is 0.0526. The third-order valence-electron chi connectivity index (χ3n) is 3.96. The van der Waals surface area contributed by atoms with Gasteiger partial charge in [-0.2, -0.15) is 0 Å². The van der Waals surface area contributed by atoms with E-state index in [9.17, 15) is 0 Å². The summed E-state index contributed by atoms with van der Waals surface area (Å²) in [5.41, 5.74) is 10.3. The quantitative estimate of drug-likeness (QED) is 0.675. The molecule has 2 nitrogen and oxygen atoms in total. The number of hydrogen-bond donors (Lipinski definition) is 2. The Kier molecular flexibility index (Phi) is 3.09. The molecule has 1 aliphatic rings. The van der Waals surface area contributed by atoms with Gasteiger partial charge in [0.05, 0.1) is 0 Å². The number of para-hydroxylation sites is 1. The van der Waals surface area contributed by atoms with Crippen molar-refractivity contribution in [2.24, 2.45) is 0 Å². The molecule has 1 unspecified atom stereocenters. The standard InChI is InChI=1S/C19H16N2S/c20-16-12-10-15(11-13-16)19(14-6-2-1-3-7-14)21-17-8-4-5-9-18(17)22-19/h1-13,21H,20H2. The lowest BCUT2D eigenvalue weighted by atomic mass is 9.97. The van der Waals surface area contributed by atoms with Crippen LogP contribution in [0.4, 0.5) is 11.4 Å². The molecule has 0 bridgehead atoms. The van der Waals surface area contributed by atoms with Crippen molar-refractivity contribution in [2.75, 3.05) is 11.1 Å². The van der Waals surface area contributed by atoms with E-state index < -0.39 is 0 Å². The largest absolute Gasteiger partial charge is 0.399 e. The Bertz CT molecular complexity index is 772. The zero-order valence-corrected chi connectivity index (χ0v) is 12.8. The molecule has 4 rings (SSSR count). The van der Waals surface area contributed by atoms with Gasteiger partial charge in [0.1, 0.15) is 4.87 Å². The molecule has 3 heteroatoms. The predicted molar refractivity (Wildman–Crippen MR) is 94.0 cm³/mol. The minimum Gasteiger partial charge on any atom is -0.399 e. The molecule has 0 spiro atoms. The van der Waals surface area contributed by atoms with Crippen LogP contribution < -0.4 is 11.1 Å². The summed E-state index contributed by atoms with van der Waals surface area (Å²) in [6.07, 6.45) is 0. The fourth-order valence-corrected chi connectivity index (χ4v) is 4.23. The molecule has 22 heavy (non-hydrogen) atoms. The number of thioether (sulfide) groups is 1. The first kappa shape index (κ1) is 13.3. The number of fused-ring (bicyclic) bond motifs is 1. The Labute approximate surface area is 134 Å². The highest BCUT2D eigenvalue weighted by Crippen LogP contribution is 2.54. The summed E-state index contributed by atoms with van der Waals surface area (Å²) in [7, 11) is 0. The van der Waals surface area contributed by atoms with Crippen molar-refractivity contribution in [2.45, 2.75) is 9.77 Å². The van der Waals surface area contributed by atoms with Crippen LogP contribution >= 0.6 is 11.8 Å². The van der Waals surface area contributed by atoms with Crippen LogP contribution in [0.2, 0.25) is 0 Å². The van der Waals surface area contributed by atoms with Gasteiger partial charge in [-0.3, -0.25) is 0 Å². The molecule has 0 saturated carbocycles. The second-order valence-corrected chi connectivity index (χ2v) is 6.65. The Balaban J connectivity index is 1.89. The molecule has 3 N–H and O–H groups in total. The van der Waals surface area contributed by atoms with E-state index in [4.69, 9.17) is 5.73 Å². The van der Waals surface area contributed by atoms with Crippen LogP contribution in [0, 0.1) is 0 Å². The maximum atomic E-state index is 5.86. The summed E-state index contributed by atoms with van der Waals surface area (Å²) < 4.78 is 0. The van der Waals surface area contributed by atoms with Gasteiger partial charge in [-0.1, -0.05) is 66.4 Å². The maximum Gasteiger partial charge on any atom is 0.140 e. The lowest BCUT2D eigenvalue weighted by Gasteiger charge is -2.30. The highest BCUT2D eigenvalue weighted by molar-refractivity contribution is 8.01. The summed E-state index contributed by atoms with van der Waals surface area (Å²) in [6.45, 7) is 0. The number of anilines is 2. The average molecular weight is 304 g/mol. The molecule has 1 atom stereocenters. The van der Waals surface area contributed by atoms with Crippen molar-refractivity contribution >= 4 is 23.1 Å². The van der Waals surface area contributed by atoms with Gasteiger partial charge in [0.15, 0.2) is 0 Å². The highest BCUT2D eigenvalue weighted by Gasteiger charge is 2.40. The van der Waals surface area contributed by atoms with Crippen molar-refractivity contribution in [3.63, 3.8) is 0 Å². The predicted octanol–water partition coefficient (Wildman–Crippen LogP) is 4.69. The van der Waals surface area contributed by atoms with Gasteiger partial charge >= 0.3 is 0 Å². The zero-order chi connectivity index (χ0) is 15.0. The van der Waals surface area contributed by atoms with E-state index >= 15 is 0 Å². The van der Waals surface area contributed by atoms with Gasteiger partial charge in [-0.05, 0) is 35.4 Å². The van der Waals surface area contributed by atoms with Crippen molar-refractivity contribution in [3.8, 4) is 0 Å². The first-order valence-corrected chi connectivity index (χ1v) is 8.07. The molecule has 0 aliphatic carbocycles. The van der Waals surface area contributed by atoms with E-state index in [0.29, 0.717) is 0 Å². The molecule has 0 amide bonds. The first-order valence-electron chi connectivity index (χ1n) is 7.26. The molecule has 3 aromatic carbocycles. The molecule has 1 aliphatic heterocycles. The number of benzene rings is 3. The molecule has 0 saturated heterocycles. The summed E-state index contributed by atoms with van der Waals surface area (Å²) in [5.74, 6) is 0. The zero-order valence-electron chi connectivity index (χ0n) is 12.0. The van der Waals surface area contributed by atoms with Crippen molar-refractivity contribution in [3.05, 3.63) is 90.0 Å². The molecular formula is C19H16N2S. The van der Waals surface area contributed by atoms with Gasteiger partial charge in [0.2, 0.25) is 0 Å². The number of rotatable bonds is 2. The number of hydrogen-bond acceptors (Lipinski definition) is 3. The first-order chi connectivity index (χ1) is 10.8.